The minimum Gasteiger partial charge on any atom is -0.487 e. The summed E-state index contributed by atoms with van der Waals surface area (Å²) in [7, 11) is 0. The highest BCUT2D eigenvalue weighted by Gasteiger charge is 2.74. The highest BCUT2D eigenvalue weighted by molar-refractivity contribution is 6.00. The first-order valence-corrected chi connectivity index (χ1v) is 11.0. The van der Waals surface area contributed by atoms with Gasteiger partial charge in [0.25, 0.3) is 0 Å². The zero-order chi connectivity index (χ0) is 22.5. The number of aliphatic hydroxyl groups is 1. The normalized spacial score (nSPS) is 28.0. The number of nitrogens with zero attached hydrogens (tertiary/aromatic N) is 2. The number of ether oxygens (including phenoxy) is 1. The molecule has 1 aromatic heterocycles. The Morgan fingerprint density at radius 3 is 2.69 bits per heavy atom. The summed E-state index contributed by atoms with van der Waals surface area (Å²) in [6, 6.07) is 9.42. The monoisotopic (exact) mass is 439 g/mol. The Morgan fingerprint density at radius 1 is 1.28 bits per heavy atom. The number of carbonyl (C=O) groups excluding carboxylic acids is 2. The number of alkyl halides is 1. The third-order valence-corrected chi connectivity index (χ3v) is 6.89. The van der Waals surface area contributed by atoms with Gasteiger partial charge >= 0.3 is 0 Å². The first-order valence-electron chi connectivity index (χ1n) is 11.0. The van der Waals surface area contributed by atoms with E-state index in [1.807, 2.05) is 37.3 Å². The van der Waals surface area contributed by atoms with Crippen LogP contribution in [0.5, 0.6) is 5.75 Å². The molecule has 2 N–H and O–H groups in total. The molecule has 2 saturated carbocycles. The predicted octanol–water partition coefficient (Wildman–Crippen LogP) is 2.72. The van der Waals surface area contributed by atoms with Gasteiger partial charge in [0.15, 0.2) is 6.17 Å². The molecule has 0 radical (unpaired) electrons. The van der Waals surface area contributed by atoms with Crippen LogP contribution in [0.3, 0.4) is 0 Å². The molecule has 5 rings (SSSR count). The smallest absolute Gasteiger partial charge is 0.248 e. The van der Waals surface area contributed by atoms with E-state index in [0.29, 0.717) is 30.5 Å². The van der Waals surface area contributed by atoms with Crippen LogP contribution in [0, 0.1) is 18.3 Å². The Bertz CT molecular complexity index is 1070. The van der Waals surface area contributed by atoms with Gasteiger partial charge in [0.05, 0.1) is 12.0 Å². The SMILES string of the molecule is Cc1cc(-c2ccnc(NC(=O)C34CC3C4)c2)ccc1O[C@H]1CCN(C(=O)CO)C[C@H]1F. The summed E-state index contributed by atoms with van der Waals surface area (Å²) in [5, 5.41) is 11.9. The van der Waals surface area contributed by atoms with Crippen LogP contribution in [0.4, 0.5) is 10.2 Å². The van der Waals surface area contributed by atoms with Gasteiger partial charge < -0.3 is 20.1 Å². The van der Waals surface area contributed by atoms with Gasteiger partial charge in [-0.3, -0.25) is 9.59 Å². The van der Waals surface area contributed by atoms with Crippen LogP contribution in [-0.4, -0.2) is 58.8 Å². The van der Waals surface area contributed by atoms with E-state index < -0.39 is 24.8 Å². The summed E-state index contributed by atoms with van der Waals surface area (Å²) in [4.78, 5) is 29.5. The van der Waals surface area contributed by atoms with Crippen molar-refractivity contribution in [2.24, 2.45) is 11.3 Å². The molecule has 168 valence electrons. The minimum atomic E-state index is -1.32. The van der Waals surface area contributed by atoms with Crippen molar-refractivity contribution in [3.63, 3.8) is 0 Å². The lowest BCUT2D eigenvalue weighted by atomic mass is 10.0. The van der Waals surface area contributed by atoms with Gasteiger partial charge in [-0.1, -0.05) is 6.07 Å². The molecule has 2 atom stereocenters. The number of hydrogen-bond acceptors (Lipinski definition) is 5. The van der Waals surface area contributed by atoms with Crippen molar-refractivity contribution in [2.75, 3.05) is 25.0 Å². The summed E-state index contributed by atoms with van der Waals surface area (Å²) in [5.74, 6) is 1.32. The molecule has 8 heteroatoms. The Kier molecular flexibility index (Phi) is 5.12. The maximum atomic E-state index is 14.6. The molecule has 2 aromatic rings. The summed E-state index contributed by atoms with van der Waals surface area (Å²) in [5.41, 5.74) is 2.62. The lowest BCUT2D eigenvalue weighted by molar-refractivity contribution is -0.138. The van der Waals surface area contributed by atoms with Gasteiger partial charge in [0.1, 0.15) is 24.3 Å². The number of rotatable bonds is 6. The molecule has 1 saturated heterocycles. The Hall–Kier alpha value is -3.00. The Balaban J connectivity index is 1.25. The van der Waals surface area contributed by atoms with Crippen molar-refractivity contribution in [3.05, 3.63) is 42.1 Å². The van der Waals surface area contributed by atoms with Gasteiger partial charge in [-0.05, 0) is 66.6 Å². The summed E-state index contributed by atoms with van der Waals surface area (Å²) in [6.07, 6.45) is 2.07. The van der Waals surface area contributed by atoms with E-state index >= 15 is 0 Å². The number of benzene rings is 1. The fraction of sp³-hybridized carbons (Fsp3) is 0.458. The largest absolute Gasteiger partial charge is 0.487 e. The maximum Gasteiger partial charge on any atom is 0.248 e. The number of likely N-dealkylation sites (tertiary alicyclic amines) is 1. The van der Waals surface area contributed by atoms with Gasteiger partial charge in [-0.2, -0.15) is 0 Å². The molecule has 0 unspecified atom stereocenters. The zero-order valence-electron chi connectivity index (χ0n) is 17.9. The van der Waals surface area contributed by atoms with Crippen molar-refractivity contribution in [2.45, 2.75) is 38.5 Å². The second kappa shape index (κ2) is 7.85. The number of aryl methyl sites for hydroxylation is 1. The van der Waals surface area contributed by atoms with Crippen LogP contribution in [0.2, 0.25) is 0 Å². The average molecular weight is 439 g/mol. The number of pyridine rings is 1. The number of nitrogens with one attached hydrogen (secondary N) is 1. The van der Waals surface area contributed by atoms with E-state index in [4.69, 9.17) is 9.84 Å². The molecular formula is C24H26FN3O4. The van der Waals surface area contributed by atoms with Crippen molar-refractivity contribution in [1.29, 1.82) is 0 Å². The van der Waals surface area contributed by atoms with E-state index in [1.165, 1.54) is 4.90 Å². The minimum absolute atomic E-state index is 0.0691. The van der Waals surface area contributed by atoms with E-state index in [2.05, 4.69) is 10.3 Å². The number of aliphatic hydroxyl groups excluding tert-OH is 1. The number of anilines is 1. The maximum absolute atomic E-state index is 14.6. The van der Waals surface area contributed by atoms with Crippen LogP contribution in [0.1, 0.15) is 24.8 Å². The molecular weight excluding hydrogens is 413 g/mol. The van der Waals surface area contributed by atoms with Crippen molar-refractivity contribution < 1.29 is 23.8 Å². The standard InChI is InChI=1S/C24H26FN3O4/c1-14-8-15(16-4-6-26-21(9-16)27-23(31)24-10-17(24)11-24)2-3-19(14)32-20-5-7-28(12-18(20)25)22(30)13-29/h2-4,6,8-9,17-18,20,29H,5,7,10-13H2,1H3,(H,26,27,31)/t17?,18-,20+,24?/m1/s1. The molecule has 2 heterocycles. The van der Waals surface area contributed by atoms with Crippen molar-refractivity contribution in [1.82, 2.24) is 9.88 Å². The number of fused-ring (bicyclic) bond motifs is 1. The van der Waals surface area contributed by atoms with E-state index in [9.17, 15) is 14.0 Å². The number of halogens is 1. The number of carbonyl (C=O) groups is 2. The molecule has 32 heavy (non-hydrogen) atoms. The molecule has 1 aromatic carbocycles. The Labute approximate surface area is 185 Å². The first-order chi connectivity index (χ1) is 15.4. The number of aromatic nitrogens is 1. The average Bonchev–Trinajstić information content (AvgIpc) is 3.67. The van der Waals surface area contributed by atoms with Gasteiger partial charge in [0, 0.05) is 19.2 Å². The highest BCUT2D eigenvalue weighted by Crippen LogP contribution is 2.75. The summed E-state index contributed by atoms with van der Waals surface area (Å²) in [6.45, 7) is 1.57. The lowest BCUT2D eigenvalue weighted by Gasteiger charge is -2.34. The van der Waals surface area contributed by atoms with Crippen molar-refractivity contribution in [3.8, 4) is 16.9 Å². The third-order valence-electron chi connectivity index (χ3n) is 6.89. The molecule has 0 spiro atoms. The number of amides is 2. The van der Waals surface area contributed by atoms with Gasteiger partial charge in [-0.25, -0.2) is 9.37 Å². The number of hydrogen-bond donors (Lipinski definition) is 2. The molecule has 3 fully saturated rings. The van der Waals surface area contributed by atoms with Crippen molar-refractivity contribution >= 4 is 17.6 Å². The quantitative estimate of drug-likeness (QED) is 0.722. The molecule has 7 nitrogen and oxygen atoms in total. The van der Waals surface area contributed by atoms with Gasteiger partial charge in [-0.15, -0.1) is 0 Å². The van der Waals surface area contributed by atoms with Crippen LogP contribution in [0.15, 0.2) is 36.5 Å². The van der Waals surface area contributed by atoms with Crippen LogP contribution >= 0.6 is 0 Å². The topological polar surface area (TPSA) is 91.8 Å². The fourth-order valence-electron chi connectivity index (χ4n) is 4.46. The van der Waals surface area contributed by atoms with Crippen LogP contribution in [0.25, 0.3) is 11.1 Å². The summed E-state index contributed by atoms with van der Waals surface area (Å²) < 4.78 is 20.5. The molecule has 3 aliphatic rings. The second-order valence-corrected chi connectivity index (χ2v) is 9.08. The predicted molar refractivity (Wildman–Crippen MR) is 116 cm³/mol. The molecule has 2 aliphatic carbocycles. The first kappa shape index (κ1) is 20.9. The lowest BCUT2D eigenvalue weighted by Crippen LogP contribution is -2.50. The summed E-state index contributed by atoms with van der Waals surface area (Å²) >= 11 is 0. The van der Waals surface area contributed by atoms with Gasteiger partial charge in [0.2, 0.25) is 11.8 Å². The fourth-order valence-corrected chi connectivity index (χ4v) is 4.46. The third kappa shape index (κ3) is 3.83. The molecule has 2 amide bonds. The molecule has 1 aliphatic heterocycles. The molecule has 0 bridgehead atoms. The van der Waals surface area contributed by atoms with E-state index in [0.717, 1.165) is 29.5 Å². The zero-order valence-corrected chi connectivity index (χ0v) is 17.9. The van der Waals surface area contributed by atoms with Crippen LogP contribution in [-0.2, 0) is 9.59 Å². The van der Waals surface area contributed by atoms with Crippen LogP contribution < -0.4 is 10.1 Å². The van der Waals surface area contributed by atoms with E-state index in [1.54, 1.807) is 6.20 Å². The van der Waals surface area contributed by atoms with E-state index in [-0.39, 0.29) is 17.9 Å². The number of piperidine rings is 1. The Morgan fingerprint density at radius 2 is 2.03 bits per heavy atom. The second-order valence-electron chi connectivity index (χ2n) is 9.08. The highest BCUT2D eigenvalue weighted by atomic mass is 19.1.